The Morgan fingerprint density at radius 2 is 2.10 bits per heavy atom. The fraction of sp³-hybridized carbons (Fsp3) is 0.0667. The van der Waals surface area contributed by atoms with Gasteiger partial charge in [-0.3, -0.25) is 4.79 Å². The van der Waals surface area contributed by atoms with Crippen LogP contribution in [0, 0.1) is 17.1 Å². The smallest absolute Gasteiger partial charge is 0.248 e. The van der Waals surface area contributed by atoms with Crippen LogP contribution in [0.15, 0.2) is 40.9 Å². The van der Waals surface area contributed by atoms with Crippen LogP contribution in [0.4, 0.5) is 10.1 Å². The summed E-state index contributed by atoms with van der Waals surface area (Å²) in [5.74, 6) is -1.02. The van der Waals surface area contributed by atoms with Crippen molar-refractivity contribution in [1.29, 1.82) is 5.26 Å². The Morgan fingerprint density at radius 1 is 1.33 bits per heavy atom. The van der Waals surface area contributed by atoms with Crippen molar-refractivity contribution >= 4 is 27.5 Å². The number of nitrogens with two attached hydrogens (primary N) is 1. The number of nitrogens with zero attached hydrogens (tertiary/aromatic N) is 1. The Morgan fingerprint density at radius 3 is 2.71 bits per heavy atom. The molecule has 3 N–H and O–H groups in total. The largest absolute Gasteiger partial charge is 0.380 e. The molecule has 6 heteroatoms. The highest BCUT2D eigenvalue weighted by Gasteiger charge is 2.08. The lowest BCUT2D eigenvalue weighted by Gasteiger charge is -2.10. The van der Waals surface area contributed by atoms with E-state index in [0.717, 1.165) is 5.69 Å². The van der Waals surface area contributed by atoms with Crippen LogP contribution in [-0.2, 0) is 6.54 Å². The summed E-state index contributed by atoms with van der Waals surface area (Å²) in [6, 6.07) is 11.0. The van der Waals surface area contributed by atoms with E-state index >= 15 is 0 Å². The van der Waals surface area contributed by atoms with Gasteiger partial charge in [-0.15, -0.1) is 0 Å². The average molecular weight is 348 g/mol. The lowest BCUT2D eigenvalue weighted by molar-refractivity contribution is 0.1000. The predicted octanol–water partition coefficient (Wildman–Crippen LogP) is 3.17. The predicted molar refractivity (Wildman–Crippen MR) is 81.1 cm³/mol. The van der Waals surface area contributed by atoms with Gasteiger partial charge >= 0.3 is 0 Å². The fourth-order valence-electron chi connectivity index (χ4n) is 1.78. The third-order valence-corrected chi connectivity index (χ3v) is 3.55. The van der Waals surface area contributed by atoms with Crippen LogP contribution < -0.4 is 11.1 Å². The lowest BCUT2D eigenvalue weighted by atomic mass is 10.1. The molecule has 0 atom stereocenters. The number of carbonyl (C=O) groups is 1. The molecular weight excluding hydrogens is 337 g/mol. The van der Waals surface area contributed by atoms with Crippen LogP contribution >= 0.6 is 15.9 Å². The average Bonchev–Trinajstić information content (AvgIpc) is 2.47. The summed E-state index contributed by atoms with van der Waals surface area (Å²) < 4.78 is 14.4. The summed E-state index contributed by atoms with van der Waals surface area (Å²) in [6.45, 7) is 0.192. The molecule has 0 fully saturated rings. The Labute approximate surface area is 129 Å². The van der Waals surface area contributed by atoms with Crippen LogP contribution in [0.2, 0.25) is 0 Å². The molecule has 106 valence electrons. The first kappa shape index (κ1) is 15.0. The number of primary amides is 1. The van der Waals surface area contributed by atoms with Gasteiger partial charge in [-0.25, -0.2) is 4.39 Å². The number of hydrogen-bond acceptors (Lipinski definition) is 3. The molecule has 0 aliphatic carbocycles. The van der Waals surface area contributed by atoms with E-state index in [1.807, 2.05) is 6.07 Å². The third kappa shape index (κ3) is 3.58. The van der Waals surface area contributed by atoms with Gasteiger partial charge in [0, 0.05) is 27.8 Å². The molecule has 0 aliphatic rings. The van der Waals surface area contributed by atoms with Crippen molar-refractivity contribution in [2.45, 2.75) is 6.54 Å². The van der Waals surface area contributed by atoms with E-state index in [1.54, 1.807) is 18.2 Å². The molecule has 2 aromatic rings. The molecule has 2 rings (SSSR count). The van der Waals surface area contributed by atoms with Crippen molar-refractivity contribution in [2.24, 2.45) is 5.73 Å². The van der Waals surface area contributed by atoms with Crippen molar-refractivity contribution < 1.29 is 9.18 Å². The molecule has 0 radical (unpaired) electrons. The highest BCUT2D eigenvalue weighted by atomic mass is 79.9. The van der Waals surface area contributed by atoms with Gasteiger partial charge in [-0.1, -0.05) is 0 Å². The topological polar surface area (TPSA) is 78.9 Å². The van der Waals surface area contributed by atoms with Gasteiger partial charge in [0.05, 0.1) is 11.6 Å². The second-order valence-electron chi connectivity index (χ2n) is 4.33. The van der Waals surface area contributed by atoms with Crippen molar-refractivity contribution in [2.75, 3.05) is 5.32 Å². The van der Waals surface area contributed by atoms with Crippen LogP contribution in [0.5, 0.6) is 0 Å². The Balaban J connectivity index is 2.18. The molecule has 0 spiro atoms. The van der Waals surface area contributed by atoms with E-state index in [2.05, 4.69) is 21.2 Å². The molecule has 1 amide bonds. The maximum absolute atomic E-state index is 13.7. The van der Waals surface area contributed by atoms with E-state index < -0.39 is 11.7 Å². The molecule has 0 saturated carbocycles. The van der Waals surface area contributed by atoms with Crippen molar-refractivity contribution in [3.05, 3.63) is 63.4 Å². The lowest BCUT2D eigenvalue weighted by Crippen LogP contribution is -2.12. The minimum atomic E-state index is -0.601. The maximum Gasteiger partial charge on any atom is 0.248 e. The minimum absolute atomic E-state index is 0.192. The van der Waals surface area contributed by atoms with Crippen LogP contribution in [0.25, 0.3) is 0 Å². The quantitative estimate of drug-likeness (QED) is 0.891. The van der Waals surface area contributed by atoms with E-state index in [0.29, 0.717) is 15.6 Å². The maximum atomic E-state index is 13.7. The van der Waals surface area contributed by atoms with Gasteiger partial charge in [0.1, 0.15) is 5.82 Å². The minimum Gasteiger partial charge on any atom is -0.380 e. The van der Waals surface area contributed by atoms with Crippen LogP contribution in [0.3, 0.4) is 0 Å². The van der Waals surface area contributed by atoms with E-state index in [4.69, 9.17) is 11.0 Å². The molecule has 0 unspecified atom stereocenters. The number of rotatable bonds is 4. The number of nitriles is 1. The van der Waals surface area contributed by atoms with Crippen LogP contribution in [0.1, 0.15) is 21.5 Å². The monoisotopic (exact) mass is 347 g/mol. The van der Waals surface area contributed by atoms with Crippen molar-refractivity contribution in [3.63, 3.8) is 0 Å². The molecule has 0 saturated heterocycles. The number of anilines is 1. The van der Waals surface area contributed by atoms with E-state index in [1.165, 1.54) is 18.2 Å². The van der Waals surface area contributed by atoms with Crippen molar-refractivity contribution in [3.8, 4) is 6.07 Å². The van der Waals surface area contributed by atoms with E-state index in [-0.39, 0.29) is 12.1 Å². The number of benzene rings is 2. The Bertz CT molecular complexity index is 740. The Hall–Kier alpha value is -2.39. The van der Waals surface area contributed by atoms with Gasteiger partial charge in [-0.05, 0) is 52.3 Å². The zero-order valence-corrected chi connectivity index (χ0v) is 12.4. The zero-order chi connectivity index (χ0) is 15.4. The molecule has 2 aromatic carbocycles. The standard InChI is InChI=1S/C15H11BrFN3O/c16-12-5-9(7-18)1-4-14(12)20-8-11-6-10(15(19)21)2-3-13(11)17/h1-6,20H,8H2,(H2,19,21). The molecule has 4 nitrogen and oxygen atoms in total. The van der Waals surface area contributed by atoms with E-state index in [9.17, 15) is 9.18 Å². The first-order chi connectivity index (χ1) is 10.0. The number of amides is 1. The third-order valence-electron chi connectivity index (χ3n) is 2.90. The van der Waals surface area contributed by atoms with Crippen molar-refractivity contribution in [1.82, 2.24) is 0 Å². The summed E-state index contributed by atoms with van der Waals surface area (Å²) in [4.78, 5) is 11.1. The molecule has 0 bridgehead atoms. The zero-order valence-electron chi connectivity index (χ0n) is 10.9. The fourth-order valence-corrected chi connectivity index (χ4v) is 2.30. The summed E-state index contributed by atoms with van der Waals surface area (Å²) in [6.07, 6.45) is 0. The first-order valence-electron chi connectivity index (χ1n) is 6.03. The molecule has 21 heavy (non-hydrogen) atoms. The molecule has 0 aliphatic heterocycles. The summed E-state index contributed by atoms with van der Waals surface area (Å²) in [7, 11) is 0. The summed E-state index contributed by atoms with van der Waals surface area (Å²) >= 11 is 3.34. The Kier molecular flexibility index (Phi) is 4.55. The number of hydrogen-bond donors (Lipinski definition) is 2. The van der Waals surface area contributed by atoms with Gasteiger partial charge in [0.25, 0.3) is 0 Å². The highest BCUT2D eigenvalue weighted by molar-refractivity contribution is 9.10. The van der Waals surface area contributed by atoms with Gasteiger partial charge < -0.3 is 11.1 Å². The van der Waals surface area contributed by atoms with Gasteiger partial charge in [0.15, 0.2) is 0 Å². The second-order valence-corrected chi connectivity index (χ2v) is 5.18. The van der Waals surface area contributed by atoms with Gasteiger partial charge in [-0.2, -0.15) is 5.26 Å². The molecule has 0 heterocycles. The normalized spacial score (nSPS) is 9.95. The summed E-state index contributed by atoms with van der Waals surface area (Å²) in [5, 5.41) is 11.8. The van der Waals surface area contributed by atoms with Gasteiger partial charge in [0.2, 0.25) is 5.91 Å². The highest BCUT2D eigenvalue weighted by Crippen LogP contribution is 2.24. The number of nitrogens with one attached hydrogen (secondary N) is 1. The number of halogens is 2. The van der Waals surface area contributed by atoms with Crippen LogP contribution in [-0.4, -0.2) is 5.91 Å². The second kappa shape index (κ2) is 6.37. The molecular formula is C15H11BrFN3O. The number of carbonyl (C=O) groups excluding carboxylic acids is 1. The SMILES string of the molecule is N#Cc1ccc(NCc2cc(C(N)=O)ccc2F)c(Br)c1. The first-order valence-corrected chi connectivity index (χ1v) is 6.82. The summed E-state index contributed by atoms with van der Waals surface area (Å²) in [5.41, 5.74) is 7.01. The molecule has 0 aromatic heterocycles.